The van der Waals surface area contributed by atoms with Gasteiger partial charge in [0.25, 0.3) is 0 Å². The van der Waals surface area contributed by atoms with Gasteiger partial charge in [-0.3, -0.25) is 4.79 Å². The second-order valence-corrected chi connectivity index (χ2v) is 10.4. The van der Waals surface area contributed by atoms with Crippen LogP contribution < -0.4 is 0 Å². The van der Waals surface area contributed by atoms with Gasteiger partial charge >= 0.3 is 0 Å². The maximum absolute atomic E-state index is 13.4. The third-order valence-corrected chi connectivity index (χ3v) is 8.05. The number of carbonyl (C=O) groups excluding carboxylic acids is 1. The first-order chi connectivity index (χ1) is 14.9. The second-order valence-electron chi connectivity index (χ2n) is 7.44. The number of sulfonamides is 1. The molecule has 0 spiro atoms. The average Bonchev–Trinajstić information content (AvgIpc) is 3.30. The summed E-state index contributed by atoms with van der Waals surface area (Å²) in [6.07, 6.45) is 0.614. The Balaban J connectivity index is 1.87. The number of rotatable bonds is 10. The lowest BCUT2D eigenvalue weighted by Crippen LogP contribution is -2.46. The molecular weight excluding hydrogens is 428 g/mol. The largest absolute Gasteiger partial charge is 0.332 e. The predicted molar refractivity (Wildman–Crippen MR) is 125 cm³/mol. The Bertz CT molecular complexity index is 1050. The van der Waals surface area contributed by atoms with E-state index in [2.05, 4.69) is 0 Å². The van der Waals surface area contributed by atoms with E-state index < -0.39 is 10.0 Å². The quantitative estimate of drug-likeness (QED) is 0.442. The Morgan fingerprint density at radius 1 is 0.935 bits per heavy atom. The molecule has 0 aliphatic heterocycles. The monoisotopic (exact) mass is 456 g/mol. The lowest BCUT2D eigenvalue weighted by Gasteiger charge is -2.30. The summed E-state index contributed by atoms with van der Waals surface area (Å²) < 4.78 is 28.0. The van der Waals surface area contributed by atoms with Gasteiger partial charge in [0, 0.05) is 17.5 Å². The standard InChI is InChI=1S/C24H28N2O3S2/c1-3-20(2)26(31(28,29)23-14-8-5-9-15-23)19-24(27)25(18-22-13-10-16-30-22)17-21-11-6-4-7-12-21/h4-16,20H,3,17-19H2,1-2H3. The fourth-order valence-corrected chi connectivity index (χ4v) is 5.66. The number of hydrogen-bond acceptors (Lipinski definition) is 4. The van der Waals surface area contributed by atoms with Gasteiger partial charge in [0.05, 0.1) is 18.0 Å². The highest BCUT2D eigenvalue weighted by Crippen LogP contribution is 2.21. The molecule has 0 saturated heterocycles. The molecule has 0 radical (unpaired) electrons. The molecule has 0 bridgehead atoms. The minimum absolute atomic E-state index is 0.190. The Labute approximate surface area is 189 Å². The van der Waals surface area contributed by atoms with Crippen LogP contribution in [0.15, 0.2) is 83.1 Å². The van der Waals surface area contributed by atoms with Crippen molar-refractivity contribution in [1.82, 2.24) is 9.21 Å². The first-order valence-corrected chi connectivity index (χ1v) is 12.6. The van der Waals surface area contributed by atoms with E-state index >= 15 is 0 Å². The predicted octanol–water partition coefficient (Wildman–Crippen LogP) is 4.77. The molecule has 0 aliphatic carbocycles. The van der Waals surface area contributed by atoms with Gasteiger partial charge in [-0.25, -0.2) is 8.42 Å². The zero-order chi connectivity index (χ0) is 22.3. The molecule has 1 heterocycles. The number of thiophene rings is 1. The third kappa shape index (κ3) is 6.03. The molecule has 3 rings (SSSR count). The average molecular weight is 457 g/mol. The van der Waals surface area contributed by atoms with E-state index in [1.165, 1.54) is 4.31 Å². The van der Waals surface area contributed by atoms with E-state index in [0.29, 0.717) is 19.5 Å². The second kappa shape index (κ2) is 10.7. The summed E-state index contributed by atoms with van der Waals surface area (Å²) in [6.45, 7) is 4.46. The van der Waals surface area contributed by atoms with Crippen LogP contribution in [0.1, 0.15) is 30.7 Å². The van der Waals surface area contributed by atoms with Crippen molar-refractivity contribution in [2.45, 2.75) is 44.3 Å². The Morgan fingerprint density at radius 2 is 1.58 bits per heavy atom. The topological polar surface area (TPSA) is 57.7 Å². The molecule has 0 aliphatic rings. The summed E-state index contributed by atoms with van der Waals surface area (Å²) in [5.74, 6) is -0.211. The lowest BCUT2D eigenvalue weighted by molar-refractivity contribution is -0.133. The SMILES string of the molecule is CCC(C)N(CC(=O)N(Cc1ccccc1)Cc1cccs1)S(=O)(=O)c1ccccc1. The van der Waals surface area contributed by atoms with E-state index in [9.17, 15) is 13.2 Å². The molecule has 164 valence electrons. The zero-order valence-electron chi connectivity index (χ0n) is 17.8. The molecule has 31 heavy (non-hydrogen) atoms. The van der Waals surface area contributed by atoms with E-state index in [-0.39, 0.29) is 23.4 Å². The van der Waals surface area contributed by atoms with Crippen LogP contribution in [0.4, 0.5) is 0 Å². The summed E-state index contributed by atoms with van der Waals surface area (Å²) in [4.78, 5) is 16.4. The number of nitrogens with zero attached hydrogens (tertiary/aromatic N) is 2. The molecule has 3 aromatic rings. The minimum atomic E-state index is -3.79. The normalized spacial score (nSPS) is 12.6. The fraction of sp³-hybridized carbons (Fsp3) is 0.292. The highest BCUT2D eigenvalue weighted by atomic mass is 32.2. The summed E-state index contributed by atoms with van der Waals surface area (Å²) >= 11 is 1.59. The number of carbonyl (C=O) groups is 1. The van der Waals surface area contributed by atoms with E-state index in [0.717, 1.165) is 10.4 Å². The van der Waals surface area contributed by atoms with Crippen LogP contribution in [0.2, 0.25) is 0 Å². The van der Waals surface area contributed by atoms with Crippen LogP contribution in [-0.2, 0) is 27.9 Å². The maximum Gasteiger partial charge on any atom is 0.243 e. The van der Waals surface area contributed by atoms with Gasteiger partial charge in [0.1, 0.15) is 0 Å². The Hall–Kier alpha value is -2.48. The molecule has 0 fully saturated rings. The number of amides is 1. The first-order valence-electron chi connectivity index (χ1n) is 10.3. The summed E-state index contributed by atoms with van der Waals surface area (Å²) in [5.41, 5.74) is 1.01. The summed E-state index contributed by atoms with van der Waals surface area (Å²) in [6, 6.07) is 21.7. The van der Waals surface area contributed by atoms with Crippen molar-refractivity contribution in [1.29, 1.82) is 0 Å². The van der Waals surface area contributed by atoms with Crippen LogP contribution in [0, 0.1) is 0 Å². The van der Waals surface area contributed by atoms with Gasteiger partial charge in [-0.2, -0.15) is 4.31 Å². The molecule has 1 aromatic heterocycles. The zero-order valence-corrected chi connectivity index (χ0v) is 19.5. The third-order valence-electron chi connectivity index (χ3n) is 5.22. The van der Waals surface area contributed by atoms with Crippen molar-refractivity contribution >= 4 is 27.3 Å². The molecule has 1 atom stereocenters. The van der Waals surface area contributed by atoms with Gasteiger partial charge in [0.15, 0.2) is 0 Å². The first kappa shape index (κ1) is 23.2. The lowest BCUT2D eigenvalue weighted by atomic mass is 10.2. The van der Waals surface area contributed by atoms with Crippen LogP contribution in [0.3, 0.4) is 0 Å². The molecule has 2 aromatic carbocycles. The summed E-state index contributed by atoms with van der Waals surface area (Å²) in [7, 11) is -3.79. The van der Waals surface area contributed by atoms with Crippen molar-refractivity contribution in [3.63, 3.8) is 0 Å². The highest BCUT2D eigenvalue weighted by Gasteiger charge is 2.31. The van der Waals surface area contributed by atoms with Gasteiger partial charge < -0.3 is 4.90 Å². The summed E-state index contributed by atoms with van der Waals surface area (Å²) in [5, 5.41) is 1.98. The van der Waals surface area contributed by atoms with E-state index in [1.54, 1.807) is 46.6 Å². The maximum atomic E-state index is 13.4. The molecular formula is C24H28N2O3S2. The van der Waals surface area contributed by atoms with E-state index in [4.69, 9.17) is 0 Å². The van der Waals surface area contributed by atoms with Gasteiger partial charge in [-0.15, -0.1) is 11.3 Å². The number of hydrogen-bond donors (Lipinski definition) is 0. The van der Waals surface area contributed by atoms with Gasteiger partial charge in [-0.1, -0.05) is 61.5 Å². The number of benzene rings is 2. The molecule has 1 amide bonds. The smallest absolute Gasteiger partial charge is 0.243 e. The van der Waals surface area contributed by atoms with Crippen molar-refractivity contribution in [2.75, 3.05) is 6.54 Å². The van der Waals surface area contributed by atoms with Crippen LogP contribution >= 0.6 is 11.3 Å². The van der Waals surface area contributed by atoms with Crippen molar-refractivity contribution < 1.29 is 13.2 Å². The Kier molecular flexibility index (Phi) is 8.01. The fourth-order valence-electron chi connectivity index (χ4n) is 3.27. The Morgan fingerprint density at radius 3 is 2.16 bits per heavy atom. The van der Waals surface area contributed by atoms with Gasteiger partial charge in [0.2, 0.25) is 15.9 Å². The van der Waals surface area contributed by atoms with Crippen molar-refractivity contribution in [2.24, 2.45) is 0 Å². The van der Waals surface area contributed by atoms with Crippen LogP contribution in [0.25, 0.3) is 0 Å². The van der Waals surface area contributed by atoms with Gasteiger partial charge in [-0.05, 0) is 42.5 Å². The van der Waals surface area contributed by atoms with Crippen molar-refractivity contribution in [3.05, 3.63) is 88.6 Å². The molecule has 5 nitrogen and oxygen atoms in total. The van der Waals surface area contributed by atoms with E-state index in [1.807, 2.05) is 61.7 Å². The van der Waals surface area contributed by atoms with Crippen LogP contribution in [0.5, 0.6) is 0 Å². The molecule has 0 N–H and O–H groups in total. The minimum Gasteiger partial charge on any atom is -0.332 e. The molecule has 1 unspecified atom stereocenters. The highest BCUT2D eigenvalue weighted by molar-refractivity contribution is 7.89. The van der Waals surface area contributed by atoms with Crippen molar-refractivity contribution in [3.8, 4) is 0 Å². The van der Waals surface area contributed by atoms with Crippen LogP contribution in [-0.4, -0.2) is 36.1 Å². The molecule has 7 heteroatoms. The molecule has 0 saturated carbocycles.